The van der Waals surface area contributed by atoms with Crippen LogP contribution >= 0.6 is 0 Å². The number of nitro groups is 1. The zero-order valence-electron chi connectivity index (χ0n) is 12.1. The molecule has 0 spiro atoms. The average Bonchev–Trinajstić information content (AvgIpc) is 2.47. The maximum absolute atomic E-state index is 11.1. The highest BCUT2D eigenvalue weighted by Gasteiger charge is 2.24. The normalized spacial score (nSPS) is 18.9. The molecule has 110 valence electrons. The summed E-state index contributed by atoms with van der Waals surface area (Å²) >= 11 is 0. The molecule has 1 unspecified atom stereocenters. The van der Waals surface area contributed by atoms with Crippen LogP contribution < -0.4 is 10.2 Å². The maximum atomic E-state index is 11.1. The van der Waals surface area contributed by atoms with Crippen molar-refractivity contribution < 1.29 is 4.92 Å². The van der Waals surface area contributed by atoms with Crippen LogP contribution in [-0.4, -0.2) is 29.0 Å². The van der Waals surface area contributed by atoms with E-state index < -0.39 is 0 Å². The number of nitrogens with zero attached hydrogens (tertiary/aromatic N) is 3. The number of hydrogen-bond acceptors (Lipinski definition) is 5. The van der Waals surface area contributed by atoms with E-state index in [0.717, 1.165) is 31.6 Å². The van der Waals surface area contributed by atoms with Crippen molar-refractivity contribution in [3.63, 3.8) is 0 Å². The van der Waals surface area contributed by atoms with E-state index in [1.165, 1.54) is 12.5 Å². The van der Waals surface area contributed by atoms with Crippen LogP contribution in [-0.2, 0) is 0 Å². The lowest BCUT2D eigenvalue weighted by Gasteiger charge is -2.36. The third-order valence-electron chi connectivity index (χ3n) is 3.76. The lowest BCUT2D eigenvalue weighted by molar-refractivity contribution is -0.384. The van der Waals surface area contributed by atoms with Crippen molar-refractivity contribution in [3.8, 4) is 0 Å². The summed E-state index contributed by atoms with van der Waals surface area (Å²) in [6.45, 7) is 5.74. The van der Waals surface area contributed by atoms with Crippen molar-refractivity contribution in [1.82, 2.24) is 4.98 Å². The van der Waals surface area contributed by atoms with Crippen LogP contribution in [0.5, 0.6) is 0 Å². The number of rotatable bonds is 5. The van der Waals surface area contributed by atoms with Crippen molar-refractivity contribution in [1.29, 1.82) is 0 Å². The average molecular weight is 278 g/mol. The lowest BCUT2D eigenvalue weighted by atomic mass is 10.00. The van der Waals surface area contributed by atoms with Crippen LogP contribution in [0.2, 0.25) is 0 Å². The lowest BCUT2D eigenvalue weighted by Crippen LogP contribution is -2.39. The minimum atomic E-state index is -0.350. The molecule has 0 aliphatic carbocycles. The second kappa shape index (κ2) is 6.54. The van der Waals surface area contributed by atoms with E-state index >= 15 is 0 Å². The molecule has 0 bridgehead atoms. The summed E-state index contributed by atoms with van der Waals surface area (Å²) in [5.41, 5.74) is 0.103. The number of nitrogens with one attached hydrogen (secondary N) is 1. The summed E-state index contributed by atoms with van der Waals surface area (Å²) in [4.78, 5) is 17.5. The number of pyridine rings is 1. The smallest absolute Gasteiger partial charge is 0.276 e. The largest absolute Gasteiger partial charge is 0.370 e. The molecule has 1 aromatic rings. The van der Waals surface area contributed by atoms with Gasteiger partial charge in [-0.2, -0.15) is 0 Å². The Hall–Kier alpha value is -1.85. The standard InChI is InChI=1S/C14H22N4O2/c1-3-11-7-5-6-8-17(11)14-10-12(18(19)20)9-13(16-14)15-4-2/h9-11H,3-8H2,1-2H3,(H,15,16). The summed E-state index contributed by atoms with van der Waals surface area (Å²) < 4.78 is 0. The monoisotopic (exact) mass is 278 g/mol. The van der Waals surface area contributed by atoms with Crippen molar-refractivity contribution >= 4 is 17.3 Å². The highest BCUT2D eigenvalue weighted by molar-refractivity contribution is 5.56. The van der Waals surface area contributed by atoms with Crippen molar-refractivity contribution in [3.05, 3.63) is 22.2 Å². The molecule has 20 heavy (non-hydrogen) atoms. The van der Waals surface area contributed by atoms with E-state index in [1.54, 1.807) is 6.07 Å². The van der Waals surface area contributed by atoms with Gasteiger partial charge in [0.15, 0.2) is 0 Å². The molecule has 1 aliphatic rings. The van der Waals surface area contributed by atoms with Crippen LogP contribution in [0.1, 0.15) is 39.5 Å². The molecular weight excluding hydrogens is 256 g/mol. The first-order chi connectivity index (χ1) is 9.65. The van der Waals surface area contributed by atoms with Gasteiger partial charge in [-0.1, -0.05) is 6.92 Å². The molecule has 6 nitrogen and oxygen atoms in total. The molecule has 0 radical (unpaired) electrons. The molecular formula is C14H22N4O2. The van der Waals surface area contributed by atoms with Crippen LogP contribution in [0.4, 0.5) is 17.3 Å². The van der Waals surface area contributed by atoms with Gasteiger partial charge < -0.3 is 10.2 Å². The fourth-order valence-electron chi connectivity index (χ4n) is 2.75. The third kappa shape index (κ3) is 3.18. The molecule has 1 fully saturated rings. The van der Waals surface area contributed by atoms with Crippen LogP contribution in [0, 0.1) is 10.1 Å². The molecule has 0 saturated carbocycles. The van der Waals surface area contributed by atoms with Gasteiger partial charge in [0.1, 0.15) is 11.6 Å². The van der Waals surface area contributed by atoms with Crippen molar-refractivity contribution in [2.75, 3.05) is 23.3 Å². The summed E-state index contributed by atoms with van der Waals surface area (Å²) in [5.74, 6) is 1.30. The molecule has 6 heteroatoms. The van der Waals surface area contributed by atoms with Gasteiger partial charge in [0.05, 0.1) is 17.1 Å². The molecule has 1 aromatic heterocycles. The van der Waals surface area contributed by atoms with E-state index in [4.69, 9.17) is 0 Å². The molecule has 0 aromatic carbocycles. The van der Waals surface area contributed by atoms with Gasteiger partial charge in [0, 0.05) is 19.1 Å². The van der Waals surface area contributed by atoms with Gasteiger partial charge >= 0.3 is 0 Å². The van der Waals surface area contributed by atoms with E-state index in [9.17, 15) is 10.1 Å². The molecule has 1 saturated heterocycles. The van der Waals surface area contributed by atoms with Crippen molar-refractivity contribution in [2.45, 2.75) is 45.6 Å². The van der Waals surface area contributed by atoms with E-state index in [1.807, 2.05) is 6.92 Å². The van der Waals surface area contributed by atoms with Crippen LogP contribution in [0.25, 0.3) is 0 Å². The summed E-state index contributed by atoms with van der Waals surface area (Å²) in [6.07, 6.45) is 4.53. The molecule has 2 heterocycles. The first kappa shape index (κ1) is 14.6. The Morgan fingerprint density at radius 1 is 1.45 bits per heavy atom. The second-order valence-electron chi connectivity index (χ2n) is 5.11. The Bertz CT molecular complexity index is 478. The van der Waals surface area contributed by atoms with E-state index in [-0.39, 0.29) is 10.6 Å². The quantitative estimate of drug-likeness (QED) is 0.661. The Kier molecular flexibility index (Phi) is 4.76. The van der Waals surface area contributed by atoms with E-state index in [0.29, 0.717) is 18.4 Å². The summed E-state index contributed by atoms with van der Waals surface area (Å²) in [6, 6.07) is 3.53. The first-order valence-electron chi connectivity index (χ1n) is 7.32. The van der Waals surface area contributed by atoms with Gasteiger partial charge in [-0.3, -0.25) is 10.1 Å². The van der Waals surface area contributed by atoms with Gasteiger partial charge in [-0.25, -0.2) is 4.98 Å². The molecule has 0 amide bonds. The Labute approximate surface area is 119 Å². The van der Waals surface area contributed by atoms with Crippen LogP contribution in [0.15, 0.2) is 12.1 Å². The Balaban J connectivity index is 2.35. The van der Waals surface area contributed by atoms with Gasteiger partial charge in [-0.15, -0.1) is 0 Å². The number of aromatic nitrogens is 1. The minimum absolute atomic E-state index is 0.103. The zero-order valence-corrected chi connectivity index (χ0v) is 12.1. The number of hydrogen-bond donors (Lipinski definition) is 1. The second-order valence-corrected chi connectivity index (χ2v) is 5.11. The van der Waals surface area contributed by atoms with Crippen molar-refractivity contribution in [2.24, 2.45) is 0 Å². The van der Waals surface area contributed by atoms with Gasteiger partial charge in [0.2, 0.25) is 0 Å². The van der Waals surface area contributed by atoms with Crippen LogP contribution in [0.3, 0.4) is 0 Å². The molecule has 1 atom stereocenters. The van der Waals surface area contributed by atoms with E-state index in [2.05, 4.69) is 22.1 Å². The Morgan fingerprint density at radius 3 is 2.90 bits per heavy atom. The minimum Gasteiger partial charge on any atom is -0.370 e. The molecule has 1 aliphatic heterocycles. The topological polar surface area (TPSA) is 71.3 Å². The third-order valence-corrected chi connectivity index (χ3v) is 3.76. The summed E-state index contributed by atoms with van der Waals surface area (Å²) in [5, 5.41) is 14.1. The highest BCUT2D eigenvalue weighted by Crippen LogP contribution is 2.29. The van der Waals surface area contributed by atoms with Gasteiger partial charge in [-0.05, 0) is 32.6 Å². The zero-order chi connectivity index (χ0) is 14.5. The predicted molar refractivity (Wildman–Crippen MR) is 80.3 cm³/mol. The van der Waals surface area contributed by atoms with Gasteiger partial charge in [0.25, 0.3) is 5.69 Å². The number of piperidine rings is 1. The first-order valence-corrected chi connectivity index (χ1v) is 7.32. The summed E-state index contributed by atoms with van der Waals surface area (Å²) in [7, 11) is 0. The highest BCUT2D eigenvalue weighted by atomic mass is 16.6. The number of anilines is 2. The maximum Gasteiger partial charge on any atom is 0.276 e. The fourth-order valence-corrected chi connectivity index (χ4v) is 2.75. The Morgan fingerprint density at radius 2 is 2.25 bits per heavy atom. The molecule has 1 N–H and O–H groups in total. The SMILES string of the molecule is CCNc1cc([N+](=O)[O-])cc(N2CCCCC2CC)n1. The predicted octanol–water partition coefficient (Wildman–Crippen LogP) is 3.19. The molecule has 2 rings (SSSR count). The fraction of sp³-hybridized carbons (Fsp3) is 0.643.